The van der Waals surface area contributed by atoms with Gasteiger partial charge in [0.25, 0.3) is 0 Å². The van der Waals surface area contributed by atoms with Gasteiger partial charge in [-0.15, -0.1) is 0 Å². The summed E-state index contributed by atoms with van der Waals surface area (Å²) in [5, 5.41) is 11.0. The molecule has 1 N–H and O–H groups in total. The Morgan fingerprint density at radius 2 is 1.84 bits per heavy atom. The van der Waals surface area contributed by atoms with Gasteiger partial charge in [-0.25, -0.2) is 0 Å². The van der Waals surface area contributed by atoms with Gasteiger partial charge < -0.3 is 28.8 Å². The summed E-state index contributed by atoms with van der Waals surface area (Å²) in [6.07, 6.45) is -0.0188. The first-order chi connectivity index (χ1) is 15.3. The van der Waals surface area contributed by atoms with Gasteiger partial charge in [0, 0.05) is 16.8 Å². The monoisotopic (exact) mass is 504 g/mol. The van der Waals surface area contributed by atoms with Crippen LogP contribution in [0.5, 0.6) is 11.5 Å². The molecule has 3 heterocycles. The largest absolute Gasteiger partial charge is 0.486 e. The second kappa shape index (κ2) is 8.61. The summed E-state index contributed by atoms with van der Waals surface area (Å²) in [4.78, 5) is 0. The lowest BCUT2D eigenvalue weighted by molar-refractivity contribution is -0.211. The van der Waals surface area contributed by atoms with E-state index < -0.39 is 11.9 Å². The molecule has 2 saturated heterocycles. The summed E-state index contributed by atoms with van der Waals surface area (Å²) in [5.74, 6) is 1.09. The lowest BCUT2D eigenvalue weighted by Crippen LogP contribution is -2.29. The number of fused-ring (bicyclic) bond motifs is 2. The van der Waals surface area contributed by atoms with Gasteiger partial charge in [0.1, 0.15) is 19.3 Å². The molecule has 7 heteroatoms. The molecule has 5 rings (SSSR count). The van der Waals surface area contributed by atoms with Crippen molar-refractivity contribution in [3.63, 3.8) is 0 Å². The van der Waals surface area contributed by atoms with Crippen molar-refractivity contribution in [3.05, 3.63) is 57.6 Å². The van der Waals surface area contributed by atoms with Crippen LogP contribution < -0.4 is 9.47 Å². The second-order valence-corrected chi connectivity index (χ2v) is 10.1. The Balaban J connectivity index is 1.27. The van der Waals surface area contributed by atoms with Crippen molar-refractivity contribution in [1.82, 2.24) is 0 Å². The lowest BCUT2D eigenvalue weighted by Gasteiger charge is -2.25. The Hall–Kier alpha value is -1.64. The van der Waals surface area contributed by atoms with Gasteiger partial charge in [-0.2, -0.15) is 0 Å². The maximum absolute atomic E-state index is 11.0. The molecular weight excluding hydrogens is 476 g/mol. The SMILES string of the molecule is C[C@H]1[C@@H]2OC(C)(C)O[C@@H]2O[C@H]1C[C@H](O)c1ccc(Br)c(Cc2ccc3c(c2)OCCO3)c1. The fraction of sp³-hybridized carbons (Fsp3) is 0.520. The molecule has 0 aliphatic carbocycles. The van der Waals surface area contributed by atoms with Gasteiger partial charge >= 0.3 is 0 Å². The van der Waals surface area contributed by atoms with E-state index in [0.717, 1.165) is 39.1 Å². The summed E-state index contributed by atoms with van der Waals surface area (Å²) < 4.78 is 30.3. The van der Waals surface area contributed by atoms with Crippen molar-refractivity contribution in [3.8, 4) is 11.5 Å². The average Bonchev–Trinajstić information content (AvgIpc) is 3.21. The molecule has 6 nitrogen and oxygen atoms in total. The summed E-state index contributed by atoms with van der Waals surface area (Å²) in [6.45, 7) is 7.05. The van der Waals surface area contributed by atoms with E-state index in [1.54, 1.807) is 0 Å². The van der Waals surface area contributed by atoms with Crippen molar-refractivity contribution in [2.75, 3.05) is 13.2 Å². The minimum atomic E-state index is -0.638. The number of benzene rings is 2. The van der Waals surface area contributed by atoms with Crippen molar-refractivity contribution < 1.29 is 28.8 Å². The van der Waals surface area contributed by atoms with Crippen LogP contribution in [0.15, 0.2) is 40.9 Å². The fourth-order valence-corrected chi connectivity index (χ4v) is 5.09. The Labute approximate surface area is 196 Å². The van der Waals surface area contributed by atoms with Gasteiger partial charge in [-0.1, -0.05) is 41.1 Å². The fourth-order valence-electron chi connectivity index (χ4n) is 4.71. The number of hydrogen-bond donors (Lipinski definition) is 1. The molecule has 172 valence electrons. The summed E-state index contributed by atoms with van der Waals surface area (Å²) in [5.41, 5.74) is 3.10. The number of halogens is 1. The second-order valence-electron chi connectivity index (χ2n) is 9.26. The predicted molar refractivity (Wildman–Crippen MR) is 122 cm³/mol. The maximum Gasteiger partial charge on any atom is 0.187 e. The Kier molecular flexibility index (Phi) is 5.97. The first kappa shape index (κ1) is 22.2. The molecule has 3 aliphatic rings. The molecule has 2 aromatic rings. The van der Waals surface area contributed by atoms with E-state index in [0.29, 0.717) is 19.6 Å². The molecule has 0 saturated carbocycles. The smallest absolute Gasteiger partial charge is 0.187 e. The minimum Gasteiger partial charge on any atom is -0.486 e. The van der Waals surface area contributed by atoms with Crippen LogP contribution >= 0.6 is 15.9 Å². The molecule has 32 heavy (non-hydrogen) atoms. The highest BCUT2D eigenvalue weighted by Crippen LogP contribution is 2.43. The molecule has 2 fully saturated rings. The number of hydrogen-bond acceptors (Lipinski definition) is 6. The molecule has 0 radical (unpaired) electrons. The van der Waals surface area contributed by atoms with Crippen molar-refractivity contribution in [2.24, 2.45) is 5.92 Å². The zero-order chi connectivity index (χ0) is 22.5. The minimum absolute atomic E-state index is 0.0992. The highest BCUT2D eigenvalue weighted by Gasteiger charge is 2.53. The quantitative estimate of drug-likeness (QED) is 0.633. The zero-order valence-corrected chi connectivity index (χ0v) is 20.1. The molecule has 3 aliphatic heterocycles. The molecular formula is C25H29BrO6. The highest BCUT2D eigenvalue weighted by molar-refractivity contribution is 9.10. The van der Waals surface area contributed by atoms with E-state index in [-0.39, 0.29) is 24.4 Å². The third-order valence-electron chi connectivity index (χ3n) is 6.41. The molecule has 5 atom stereocenters. The third kappa shape index (κ3) is 4.41. The van der Waals surface area contributed by atoms with E-state index >= 15 is 0 Å². The Morgan fingerprint density at radius 1 is 1.06 bits per heavy atom. The van der Waals surface area contributed by atoms with E-state index in [1.165, 1.54) is 0 Å². The van der Waals surface area contributed by atoms with E-state index in [9.17, 15) is 5.11 Å². The first-order valence-electron chi connectivity index (χ1n) is 11.1. The normalized spacial score (nSPS) is 29.0. The summed E-state index contributed by atoms with van der Waals surface area (Å²) in [7, 11) is 0. The summed E-state index contributed by atoms with van der Waals surface area (Å²) in [6, 6.07) is 12.0. The van der Waals surface area contributed by atoms with E-state index in [2.05, 4.69) is 35.0 Å². The van der Waals surface area contributed by atoms with Crippen LogP contribution in [0.3, 0.4) is 0 Å². The van der Waals surface area contributed by atoms with Crippen LogP contribution in [0.4, 0.5) is 0 Å². The zero-order valence-electron chi connectivity index (χ0n) is 18.5. The summed E-state index contributed by atoms with van der Waals surface area (Å²) >= 11 is 3.66. The standard InChI is InChI=1S/C25H29BrO6/c1-14-21(30-24-23(14)31-25(2,3)32-24)13-19(27)16-5-6-18(26)17(12-16)10-15-4-7-20-22(11-15)29-9-8-28-20/h4-7,11-12,14,19,21,23-24,27H,8-10,13H2,1-3H3/t14-,19+,21+,23+,24+/m1/s1. The molecule has 0 spiro atoms. The van der Waals surface area contributed by atoms with Gasteiger partial charge in [0.15, 0.2) is 23.6 Å². The van der Waals surface area contributed by atoms with Crippen molar-refractivity contribution in [2.45, 2.75) is 64.0 Å². The van der Waals surface area contributed by atoms with Crippen LogP contribution in [0.2, 0.25) is 0 Å². The lowest BCUT2D eigenvalue weighted by atomic mass is 9.93. The van der Waals surface area contributed by atoms with Crippen LogP contribution in [-0.2, 0) is 20.6 Å². The Bertz CT molecular complexity index is 992. The number of aliphatic hydroxyl groups is 1. The molecule has 0 unspecified atom stereocenters. The van der Waals surface area contributed by atoms with Gasteiger partial charge in [-0.05, 0) is 55.2 Å². The topological polar surface area (TPSA) is 66.4 Å². The number of aliphatic hydroxyl groups excluding tert-OH is 1. The molecule has 0 bridgehead atoms. The first-order valence-corrected chi connectivity index (χ1v) is 11.9. The van der Waals surface area contributed by atoms with E-state index in [4.69, 9.17) is 23.7 Å². The third-order valence-corrected chi connectivity index (χ3v) is 7.19. The van der Waals surface area contributed by atoms with Crippen LogP contribution in [-0.4, -0.2) is 42.6 Å². The van der Waals surface area contributed by atoms with Gasteiger partial charge in [0.05, 0.1) is 12.2 Å². The van der Waals surface area contributed by atoms with Crippen molar-refractivity contribution in [1.29, 1.82) is 0 Å². The predicted octanol–water partition coefficient (Wildman–Crippen LogP) is 4.75. The van der Waals surface area contributed by atoms with Gasteiger partial charge in [-0.3, -0.25) is 0 Å². The average molecular weight is 505 g/mol. The highest BCUT2D eigenvalue weighted by atomic mass is 79.9. The molecule has 0 amide bonds. The maximum atomic E-state index is 11.0. The van der Waals surface area contributed by atoms with Crippen LogP contribution in [0.25, 0.3) is 0 Å². The van der Waals surface area contributed by atoms with E-state index in [1.807, 2.05) is 38.1 Å². The van der Waals surface area contributed by atoms with Crippen LogP contribution in [0, 0.1) is 5.92 Å². The number of rotatable bonds is 5. The number of ether oxygens (including phenoxy) is 5. The van der Waals surface area contributed by atoms with Gasteiger partial charge in [0.2, 0.25) is 0 Å². The molecule has 0 aromatic heterocycles. The van der Waals surface area contributed by atoms with Crippen molar-refractivity contribution >= 4 is 15.9 Å². The molecule has 2 aromatic carbocycles. The van der Waals surface area contributed by atoms with Crippen LogP contribution in [0.1, 0.15) is 50.0 Å². The Morgan fingerprint density at radius 3 is 2.62 bits per heavy atom.